The lowest BCUT2D eigenvalue weighted by molar-refractivity contribution is 0.199. The van der Waals surface area contributed by atoms with Gasteiger partial charge in [0.05, 0.1) is 12.0 Å². The molecule has 0 atom stereocenters. The Morgan fingerprint density at radius 1 is 1.39 bits per heavy atom. The monoisotopic (exact) mass is 266 g/mol. The van der Waals surface area contributed by atoms with Crippen LogP contribution >= 0.6 is 11.3 Å². The molecule has 0 spiro atoms. The van der Waals surface area contributed by atoms with Gasteiger partial charge in [0.1, 0.15) is 0 Å². The third kappa shape index (κ3) is 3.19. The molecule has 0 bridgehead atoms. The number of rotatable bonds is 7. The number of nitrogens with one attached hydrogen (secondary N) is 1. The topological polar surface area (TPSA) is 43.3 Å². The van der Waals surface area contributed by atoms with E-state index < -0.39 is 0 Å². The minimum absolute atomic E-state index is 0.116. The fourth-order valence-electron chi connectivity index (χ4n) is 1.86. The Morgan fingerprint density at radius 3 is 3.11 bits per heavy atom. The van der Waals surface area contributed by atoms with Crippen LogP contribution in [0.15, 0.2) is 28.5 Å². The zero-order valence-electron chi connectivity index (χ0n) is 10.5. The van der Waals surface area contributed by atoms with Crippen molar-refractivity contribution in [2.24, 2.45) is 0 Å². The van der Waals surface area contributed by atoms with Gasteiger partial charge in [-0.05, 0) is 30.5 Å². The van der Waals surface area contributed by atoms with E-state index >= 15 is 0 Å². The molecule has 0 amide bonds. The van der Waals surface area contributed by atoms with Gasteiger partial charge in [-0.1, -0.05) is 0 Å². The van der Waals surface area contributed by atoms with Crippen molar-refractivity contribution in [1.82, 2.24) is 9.88 Å². The van der Waals surface area contributed by atoms with Gasteiger partial charge in [-0.25, -0.2) is 0 Å². The molecule has 0 aliphatic heterocycles. The molecule has 0 aliphatic rings. The van der Waals surface area contributed by atoms with E-state index in [-0.39, 0.29) is 5.56 Å². The quantitative estimate of drug-likeness (QED) is 0.776. The standard InChI is InChI=1S/C13H18N2O2S/c1-17-9-6-14-5-2-7-15-8-3-12-11(13(15)16)4-10-18-12/h3-4,8,10,14H,2,5-7,9H2,1H3. The molecule has 5 heteroatoms. The van der Waals surface area contributed by atoms with Crippen LogP contribution in [0.1, 0.15) is 6.42 Å². The van der Waals surface area contributed by atoms with Crippen molar-refractivity contribution in [3.8, 4) is 0 Å². The molecule has 98 valence electrons. The van der Waals surface area contributed by atoms with Gasteiger partial charge in [-0.2, -0.15) is 0 Å². The maximum Gasteiger partial charge on any atom is 0.259 e. The predicted octanol–water partition coefficient (Wildman–Crippen LogP) is 1.69. The van der Waals surface area contributed by atoms with Crippen molar-refractivity contribution in [3.05, 3.63) is 34.1 Å². The first kappa shape index (κ1) is 13.3. The Labute approximate surface area is 110 Å². The van der Waals surface area contributed by atoms with E-state index in [9.17, 15) is 4.79 Å². The number of methoxy groups -OCH3 is 1. The van der Waals surface area contributed by atoms with Crippen LogP contribution in [-0.2, 0) is 11.3 Å². The SMILES string of the molecule is COCCNCCCn1ccc2sccc2c1=O. The predicted molar refractivity (Wildman–Crippen MR) is 75.4 cm³/mol. The van der Waals surface area contributed by atoms with Crippen molar-refractivity contribution in [3.63, 3.8) is 0 Å². The average molecular weight is 266 g/mol. The van der Waals surface area contributed by atoms with Crippen LogP contribution in [0.3, 0.4) is 0 Å². The van der Waals surface area contributed by atoms with Crippen LogP contribution in [0.5, 0.6) is 0 Å². The Hall–Kier alpha value is -1.17. The van der Waals surface area contributed by atoms with Gasteiger partial charge in [0, 0.05) is 31.1 Å². The summed E-state index contributed by atoms with van der Waals surface area (Å²) in [5.41, 5.74) is 0.116. The molecule has 1 N–H and O–H groups in total. The molecule has 0 unspecified atom stereocenters. The number of hydrogen-bond donors (Lipinski definition) is 1. The first-order chi connectivity index (χ1) is 8.83. The van der Waals surface area contributed by atoms with E-state index in [1.165, 1.54) is 0 Å². The Morgan fingerprint density at radius 2 is 2.28 bits per heavy atom. The molecule has 2 aromatic rings. The second kappa shape index (κ2) is 6.68. The summed E-state index contributed by atoms with van der Waals surface area (Å²) in [7, 11) is 1.69. The lowest BCUT2D eigenvalue weighted by atomic mass is 10.3. The second-order valence-corrected chi connectivity index (χ2v) is 5.06. The first-order valence-corrected chi connectivity index (χ1v) is 6.97. The maximum atomic E-state index is 12.1. The summed E-state index contributed by atoms with van der Waals surface area (Å²) in [6.07, 6.45) is 2.83. The number of hydrogen-bond acceptors (Lipinski definition) is 4. The van der Waals surface area contributed by atoms with Crippen LogP contribution in [0, 0.1) is 0 Å². The average Bonchev–Trinajstić information content (AvgIpc) is 2.85. The minimum atomic E-state index is 0.116. The molecule has 0 radical (unpaired) electrons. The molecular formula is C13H18N2O2S. The molecule has 2 rings (SSSR count). The van der Waals surface area contributed by atoms with Gasteiger partial charge in [0.2, 0.25) is 0 Å². The Bertz CT molecular complexity index is 547. The summed E-state index contributed by atoms with van der Waals surface area (Å²) in [4.78, 5) is 12.1. The molecule has 0 fully saturated rings. The summed E-state index contributed by atoms with van der Waals surface area (Å²) in [6.45, 7) is 3.23. The largest absolute Gasteiger partial charge is 0.383 e. The molecule has 18 heavy (non-hydrogen) atoms. The third-order valence-electron chi connectivity index (χ3n) is 2.83. The molecule has 2 aromatic heterocycles. The van der Waals surface area contributed by atoms with Gasteiger partial charge in [-0.3, -0.25) is 4.79 Å². The highest BCUT2D eigenvalue weighted by molar-refractivity contribution is 7.17. The molecule has 4 nitrogen and oxygen atoms in total. The Kier molecular flexibility index (Phi) is 4.92. The van der Waals surface area contributed by atoms with Gasteiger partial charge in [0.25, 0.3) is 5.56 Å². The van der Waals surface area contributed by atoms with Crippen molar-refractivity contribution in [2.45, 2.75) is 13.0 Å². The molecule has 2 heterocycles. The summed E-state index contributed by atoms with van der Waals surface area (Å²) in [6, 6.07) is 3.91. The summed E-state index contributed by atoms with van der Waals surface area (Å²) < 4.78 is 7.80. The fraction of sp³-hybridized carbons (Fsp3) is 0.462. The number of ether oxygens (including phenoxy) is 1. The van der Waals surface area contributed by atoms with E-state index in [0.29, 0.717) is 0 Å². The smallest absolute Gasteiger partial charge is 0.259 e. The molecular weight excluding hydrogens is 248 g/mol. The van der Waals surface area contributed by atoms with Crippen LogP contribution < -0.4 is 10.9 Å². The minimum Gasteiger partial charge on any atom is -0.383 e. The zero-order chi connectivity index (χ0) is 12.8. The van der Waals surface area contributed by atoms with Crippen LogP contribution in [0.4, 0.5) is 0 Å². The van der Waals surface area contributed by atoms with Gasteiger partial charge >= 0.3 is 0 Å². The summed E-state index contributed by atoms with van der Waals surface area (Å²) >= 11 is 1.61. The molecule has 0 saturated carbocycles. The lowest BCUT2D eigenvalue weighted by Gasteiger charge is -2.06. The number of pyridine rings is 1. The fourth-order valence-corrected chi connectivity index (χ4v) is 2.63. The van der Waals surface area contributed by atoms with Gasteiger partial charge in [-0.15, -0.1) is 11.3 Å². The van der Waals surface area contributed by atoms with Crippen LogP contribution in [0.2, 0.25) is 0 Å². The normalized spacial score (nSPS) is 11.2. The Balaban J connectivity index is 1.88. The highest BCUT2D eigenvalue weighted by Crippen LogP contribution is 2.16. The van der Waals surface area contributed by atoms with Crippen molar-refractivity contribution in [1.29, 1.82) is 0 Å². The number of aryl methyl sites for hydroxylation is 1. The van der Waals surface area contributed by atoms with E-state index in [1.807, 2.05) is 23.7 Å². The first-order valence-electron chi connectivity index (χ1n) is 6.09. The van der Waals surface area contributed by atoms with E-state index in [1.54, 1.807) is 23.0 Å². The number of thiophene rings is 1. The number of aromatic nitrogens is 1. The highest BCUT2D eigenvalue weighted by atomic mass is 32.1. The van der Waals surface area contributed by atoms with E-state index in [4.69, 9.17) is 4.74 Å². The number of fused-ring (bicyclic) bond motifs is 1. The molecule has 0 aromatic carbocycles. The second-order valence-electron chi connectivity index (χ2n) is 4.11. The van der Waals surface area contributed by atoms with Crippen molar-refractivity contribution >= 4 is 21.4 Å². The van der Waals surface area contributed by atoms with Crippen LogP contribution in [0.25, 0.3) is 10.1 Å². The third-order valence-corrected chi connectivity index (χ3v) is 3.71. The van der Waals surface area contributed by atoms with Gasteiger partial charge < -0.3 is 14.6 Å². The number of nitrogens with zero attached hydrogens (tertiary/aromatic N) is 1. The summed E-state index contributed by atoms with van der Waals surface area (Å²) in [5.74, 6) is 0. The van der Waals surface area contributed by atoms with Crippen molar-refractivity contribution in [2.75, 3.05) is 26.8 Å². The van der Waals surface area contributed by atoms with Gasteiger partial charge in [0.15, 0.2) is 0 Å². The zero-order valence-corrected chi connectivity index (χ0v) is 11.3. The summed E-state index contributed by atoms with van der Waals surface area (Å²) in [5, 5.41) is 6.06. The molecule has 0 saturated heterocycles. The highest BCUT2D eigenvalue weighted by Gasteiger charge is 2.02. The lowest BCUT2D eigenvalue weighted by Crippen LogP contribution is -2.24. The van der Waals surface area contributed by atoms with Crippen LogP contribution in [-0.4, -0.2) is 31.4 Å². The van der Waals surface area contributed by atoms with E-state index in [2.05, 4.69) is 5.32 Å². The molecule has 0 aliphatic carbocycles. The van der Waals surface area contributed by atoms with Crippen molar-refractivity contribution < 1.29 is 4.74 Å². The maximum absolute atomic E-state index is 12.1. The van der Waals surface area contributed by atoms with E-state index in [0.717, 1.165) is 42.7 Å².